The van der Waals surface area contributed by atoms with Crippen LogP contribution in [0.2, 0.25) is 0 Å². The fourth-order valence-corrected chi connectivity index (χ4v) is 1.86. The number of ether oxygens (including phenoxy) is 1. The highest BCUT2D eigenvalue weighted by Crippen LogP contribution is 2.15. The van der Waals surface area contributed by atoms with Crippen LogP contribution in [0, 0.1) is 5.92 Å². The highest BCUT2D eigenvalue weighted by atomic mass is 16.5. The summed E-state index contributed by atoms with van der Waals surface area (Å²) in [5.41, 5.74) is 5.49. The third-order valence-corrected chi connectivity index (χ3v) is 2.95. The molecule has 0 saturated carbocycles. The SMILES string of the molecule is CCC(CCN)NC(=O)C1CCOCC1. The van der Waals surface area contributed by atoms with Crippen molar-refractivity contribution < 1.29 is 9.53 Å². The second-order valence-electron chi connectivity index (χ2n) is 4.08. The topological polar surface area (TPSA) is 64.3 Å². The Hall–Kier alpha value is -0.610. The normalized spacial score (nSPS) is 19.9. The lowest BCUT2D eigenvalue weighted by Crippen LogP contribution is -2.41. The number of nitrogens with one attached hydrogen (secondary N) is 1. The van der Waals surface area contributed by atoms with Crippen molar-refractivity contribution in [3.8, 4) is 0 Å². The molecule has 0 aliphatic carbocycles. The van der Waals surface area contributed by atoms with Gasteiger partial charge in [0, 0.05) is 25.2 Å². The molecule has 15 heavy (non-hydrogen) atoms. The van der Waals surface area contributed by atoms with Crippen molar-refractivity contribution in [1.82, 2.24) is 5.32 Å². The summed E-state index contributed by atoms with van der Waals surface area (Å²) in [5, 5.41) is 3.06. The molecular formula is C11H22N2O2. The molecule has 4 nitrogen and oxygen atoms in total. The molecule has 0 spiro atoms. The van der Waals surface area contributed by atoms with E-state index in [1.165, 1.54) is 0 Å². The summed E-state index contributed by atoms with van der Waals surface area (Å²) in [4.78, 5) is 11.8. The third-order valence-electron chi connectivity index (χ3n) is 2.95. The molecule has 0 aromatic heterocycles. The van der Waals surface area contributed by atoms with Gasteiger partial charge in [-0.1, -0.05) is 6.92 Å². The Bertz CT molecular complexity index is 191. The zero-order valence-electron chi connectivity index (χ0n) is 9.50. The van der Waals surface area contributed by atoms with Crippen LogP contribution >= 0.6 is 0 Å². The molecule has 1 heterocycles. The van der Waals surface area contributed by atoms with E-state index in [0.29, 0.717) is 19.8 Å². The molecule has 1 amide bonds. The summed E-state index contributed by atoms with van der Waals surface area (Å²) in [6, 6.07) is 0.241. The number of amides is 1. The molecule has 1 saturated heterocycles. The molecule has 1 aliphatic rings. The van der Waals surface area contributed by atoms with E-state index in [-0.39, 0.29) is 17.9 Å². The van der Waals surface area contributed by atoms with Crippen LogP contribution in [0.5, 0.6) is 0 Å². The lowest BCUT2D eigenvalue weighted by atomic mass is 9.98. The van der Waals surface area contributed by atoms with E-state index in [9.17, 15) is 4.79 Å². The van der Waals surface area contributed by atoms with Gasteiger partial charge in [-0.15, -0.1) is 0 Å². The van der Waals surface area contributed by atoms with E-state index in [0.717, 1.165) is 25.7 Å². The highest BCUT2D eigenvalue weighted by Gasteiger charge is 2.22. The molecule has 1 rings (SSSR count). The number of rotatable bonds is 5. The maximum atomic E-state index is 11.8. The van der Waals surface area contributed by atoms with Gasteiger partial charge in [0.15, 0.2) is 0 Å². The zero-order chi connectivity index (χ0) is 11.1. The van der Waals surface area contributed by atoms with Crippen LogP contribution in [-0.4, -0.2) is 31.7 Å². The first kappa shape index (κ1) is 12.5. The summed E-state index contributed by atoms with van der Waals surface area (Å²) in [6.45, 7) is 4.13. The molecule has 1 atom stereocenters. The van der Waals surface area contributed by atoms with Gasteiger partial charge < -0.3 is 15.8 Å². The van der Waals surface area contributed by atoms with Crippen molar-refractivity contribution in [2.24, 2.45) is 11.7 Å². The first-order valence-corrected chi connectivity index (χ1v) is 5.86. The molecule has 1 unspecified atom stereocenters. The lowest BCUT2D eigenvalue weighted by molar-refractivity contribution is -0.128. The molecule has 0 aromatic rings. The fraction of sp³-hybridized carbons (Fsp3) is 0.909. The number of hydrogen-bond acceptors (Lipinski definition) is 3. The van der Waals surface area contributed by atoms with Gasteiger partial charge >= 0.3 is 0 Å². The summed E-state index contributed by atoms with van der Waals surface area (Å²) < 4.78 is 5.23. The van der Waals surface area contributed by atoms with Crippen molar-refractivity contribution in [1.29, 1.82) is 0 Å². The van der Waals surface area contributed by atoms with Gasteiger partial charge in [0.25, 0.3) is 0 Å². The van der Waals surface area contributed by atoms with Crippen molar-refractivity contribution in [2.45, 2.75) is 38.6 Å². The first-order chi connectivity index (χ1) is 7.27. The van der Waals surface area contributed by atoms with E-state index in [1.54, 1.807) is 0 Å². The summed E-state index contributed by atoms with van der Waals surface area (Å²) >= 11 is 0. The molecule has 1 aliphatic heterocycles. The van der Waals surface area contributed by atoms with Gasteiger partial charge in [-0.3, -0.25) is 4.79 Å². The second-order valence-corrected chi connectivity index (χ2v) is 4.08. The van der Waals surface area contributed by atoms with E-state index >= 15 is 0 Å². The van der Waals surface area contributed by atoms with Crippen molar-refractivity contribution in [3.63, 3.8) is 0 Å². The number of hydrogen-bond donors (Lipinski definition) is 2. The summed E-state index contributed by atoms with van der Waals surface area (Å²) in [6.07, 6.45) is 3.52. The number of carbonyl (C=O) groups is 1. The second kappa shape index (κ2) is 6.80. The molecule has 0 radical (unpaired) electrons. The van der Waals surface area contributed by atoms with Gasteiger partial charge in [-0.05, 0) is 32.2 Å². The van der Waals surface area contributed by atoms with E-state index < -0.39 is 0 Å². The van der Waals surface area contributed by atoms with Crippen LogP contribution in [0.4, 0.5) is 0 Å². The average Bonchev–Trinajstić information content (AvgIpc) is 2.29. The van der Waals surface area contributed by atoms with Gasteiger partial charge in [0.2, 0.25) is 5.91 Å². The van der Waals surface area contributed by atoms with Crippen LogP contribution in [0.1, 0.15) is 32.6 Å². The van der Waals surface area contributed by atoms with Gasteiger partial charge in [0.1, 0.15) is 0 Å². The molecule has 1 fully saturated rings. The minimum atomic E-state index is 0.144. The Labute approximate surface area is 91.5 Å². The quantitative estimate of drug-likeness (QED) is 0.706. The lowest BCUT2D eigenvalue weighted by Gasteiger charge is -2.24. The van der Waals surface area contributed by atoms with Crippen LogP contribution < -0.4 is 11.1 Å². The van der Waals surface area contributed by atoms with Crippen LogP contribution in [0.25, 0.3) is 0 Å². The van der Waals surface area contributed by atoms with Crippen molar-refractivity contribution in [3.05, 3.63) is 0 Å². The maximum absolute atomic E-state index is 11.8. The number of nitrogens with two attached hydrogens (primary N) is 1. The van der Waals surface area contributed by atoms with Crippen LogP contribution in [0.15, 0.2) is 0 Å². The van der Waals surface area contributed by atoms with Gasteiger partial charge in [0.05, 0.1) is 0 Å². The van der Waals surface area contributed by atoms with Gasteiger partial charge in [-0.2, -0.15) is 0 Å². The smallest absolute Gasteiger partial charge is 0.223 e. The Morgan fingerprint density at radius 1 is 1.53 bits per heavy atom. The fourth-order valence-electron chi connectivity index (χ4n) is 1.86. The summed E-state index contributed by atoms with van der Waals surface area (Å²) in [5.74, 6) is 0.323. The van der Waals surface area contributed by atoms with Crippen molar-refractivity contribution >= 4 is 5.91 Å². The Morgan fingerprint density at radius 2 is 2.20 bits per heavy atom. The number of carbonyl (C=O) groups excluding carboxylic acids is 1. The van der Waals surface area contributed by atoms with Gasteiger partial charge in [-0.25, -0.2) is 0 Å². The Kier molecular flexibility index (Phi) is 5.65. The standard InChI is InChI=1S/C11H22N2O2/c1-2-10(3-6-12)13-11(14)9-4-7-15-8-5-9/h9-10H,2-8,12H2,1H3,(H,13,14). The molecule has 4 heteroatoms. The zero-order valence-corrected chi connectivity index (χ0v) is 9.50. The average molecular weight is 214 g/mol. The molecule has 0 bridgehead atoms. The van der Waals surface area contributed by atoms with Crippen LogP contribution in [0.3, 0.4) is 0 Å². The summed E-state index contributed by atoms with van der Waals surface area (Å²) in [7, 11) is 0. The minimum absolute atomic E-state index is 0.144. The highest BCUT2D eigenvalue weighted by molar-refractivity contribution is 5.79. The molecule has 0 aromatic carbocycles. The minimum Gasteiger partial charge on any atom is -0.381 e. The van der Waals surface area contributed by atoms with Crippen molar-refractivity contribution in [2.75, 3.05) is 19.8 Å². The first-order valence-electron chi connectivity index (χ1n) is 5.86. The van der Waals surface area contributed by atoms with E-state index in [1.807, 2.05) is 0 Å². The largest absolute Gasteiger partial charge is 0.381 e. The predicted octanol–water partition coefficient (Wildman–Crippen LogP) is 0.657. The molecule has 3 N–H and O–H groups in total. The third kappa shape index (κ3) is 4.18. The monoisotopic (exact) mass is 214 g/mol. The molecule has 88 valence electrons. The maximum Gasteiger partial charge on any atom is 0.223 e. The van der Waals surface area contributed by atoms with E-state index in [2.05, 4.69) is 12.2 Å². The van der Waals surface area contributed by atoms with Crippen LogP contribution in [-0.2, 0) is 9.53 Å². The Balaban J connectivity index is 2.31. The Morgan fingerprint density at radius 3 is 2.73 bits per heavy atom. The molecular weight excluding hydrogens is 192 g/mol. The predicted molar refractivity (Wildman–Crippen MR) is 59.4 cm³/mol. The van der Waals surface area contributed by atoms with E-state index in [4.69, 9.17) is 10.5 Å².